The van der Waals surface area contributed by atoms with Crippen molar-refractivity contribution in [2.45, 2.75) is 36.8 Å². The summed E-state index contributed by atoms with van der Waals surface area (Å²) in [5, 5.41) is 3.45. The molecule has 1 atom stereocenters. The standard InChI is InChI=1S/C28H25NO3S/c1-28(2)16-22-25(23(30)17-28)26(33-24-11-7-6-10-21(24)29-22)18-12-14-20(15-13-18)32-27(31)19-8-4-3-5-9-19/h3-15,26,29H,16-17H2,1-2H3/t26-/m1/s1. The molecule has 0 unspecified atom stereocenters. The van der Waals surface area contributed by atoms with Gasteiger partial charge in [-0.3, -0.25) is 4.79 Å². The number of hydrogen-bond acceptors (Lipinski definition) is 5. The number of carbonyl (C=O) groups excluding carboxylic acids is 2. The van der Waals surface area contributed by atoms with Gasteiger partial charge in [-0.2, -0.15) is 0 Å². The molecule has 0 radical (unpaired) electrons. The van der Waals surface area contributed by atoms with Crippen LogP contribution in [0.15, 0.2) is 95.0 Å². The van der Waals surface area contributed by atoms with Crippen molar-refractivity contribution in [2.24, 2.45) is 5.41 Å². The fourth-order valence-corrected chi connectivity index (χ4v) is 5.80. The molecule has 3 aromatic carbocycles. The number of ketones is 1. The summed E-state index contributed by atoms with van der Waals surface area (Å²) in [6.45, 7) is 4.29. The fraction of sp³-hybridized carbons (Fsp3) is 0.214. The van der Waals surface area contributed by atoms with Crippen LogP contribution in [0, 0.1) is 5.41 Å². The van der Waals surface area contributed by atoms with E-state index in [1.54, 1.807) is 36.0 Å². The first-order valence-corrected chi connectivity index (χ1v) is 11.9. The number of ether oxygens (including phenoxy) is 1. The molecule has 0 bridgehead atoms. The molecular formula is C28H25NO3S. The topological polar surface area (TPSA) is 55.4 Å². The van der Waals surface area contributed by atoms with Gasteiger partial charge in [0.2, 0.25) is 0 Å². The molecule has 5 heteroatoms. The van der Waals surface area contributed by atoms with E-state index in [9.17, 15) is 9.59 Å². The Hall–Kier alpha value is -3.31. The number of para-hydroxylation sites is 1. The molecular weight excluding hydrogens is 430 g/mol. The summed E-state index contributed by atoms with van der Waals surface area (Å²) in [5.41, 5.74) is 4.35. The molecule has 0 saturated heterocycles. The highest BCUT2D eigenvalue weighted by Gasteiger charge is 2.39. The van der Waals surface area contributed by atoms with Gasteiger partial charge in [-0.15, -0.1) is 11.8 Å². The molecule has 0 amide bonds. The molecule has 4 nitrogen and oxygen atoms in total. The van der Waals surface area contributed by atoms with Crippen molar-refractivity contribution in [1.29, 1.82) is 0 Å². The van der Waals surface area contributed by atoms with Crippen molar-refractivity contribution in [2.75, 3.05) is 5.32 Å². The molecule has 0 aromatic heterocycles. The third-order valence-corrected chi connectivity index (χ3v) is 7.36. The van der Waals surface area contributed by atoms with Crippen LogP contribution in [0.5, 0.6) is 5.75 Å². The van der Waals surface area contributed by atoms with Gasteiger partial charge in [0.05, 0.1) is 16.5 Å². The van der Waals surface area contributed by atoms with Gasteiger partial charge in [-0.05, 0) is 53.8 Å². The predicted molar refractivity (Wildman–Crippen MR) is 132 cm³/mol. The molecule has 1 N–H and O–H groups in total. The third-order valence-electron chi connectivity index (χ3n) is 6.00. The van der Waals surface area contributed by atoms with Gasteiger partial charge >= 0.3 is 5.97 Å². The van der Waals surface area contributed by atoms with E-state index in [1.165, 1.54) is 0 Å². The minimum atomic E-state index is -0.389. The van der Waals surface area contributed by atoms with Crippen molar-refractivity contribution >= 4 is 29.2 Å². The maximum absolute atomic E-state index is 13.3. The van der Waals surface area contributed by atoms with Gasteiger partial charge in [-0.1, -0.05) is 56.3 Å². The third kappa shape index (κ3) is 4.46. The molecule has 0 fully saturated rings. The molecule has 1 heterocycles. The van der Waals surface area contributed by atoms with E-state index < -0.39 is 0 Å². The summed E-state index contributed by atoms with van der Waals surface area (Å²) in [5.74, 6) is 0.286. The van der Waals surface area contributed by atoms with E-state index in [0.717, 1.165) is 33.8 Å². The zero-order valence-corrected chi connectivity index (χ0v) is 19.4. The van der Waals surface area contributed by atoms with Crippen molar-refractivity contribution in [3.63, 3.8) is 0 Å². The van der Waals surface area contributed by atoms with Crippen molar-refractivity contribution < 1.29 is 14.3 Å². The second-order valence-electron chi connectivity index (χ2n) is 9.28. The van der Waals surface area contributed by atoms with E-state index in [0.29, 0.717) is 17.7 Å². The van der Waals surface area contributed by atoms with Crippen molar-refractivity contribution in [1.82, 2.24) is 0 Å². The summed E-state index contributed by atoms with van der Waals surface area (Å²) in [7, 11) is 0. The molecule has 33 heavy (non-hydrogen) atoms. The number of allylic oxidation sites excluding steroid dienone is 1. The van der Waals surface area contributed by atoms with Gasteiger partial charge in [-0.25, -0.2) is 4.79 Å². The van der Waals surface area contributed by atoms with Gasteiger partial charge in [0, 0.05) is 22.6 Å². The van der Waals surface area contributed by atoms with Crippen LogP contribution >= 0.6 is 11.8 Å². The molecule has 3 aromatic rings. The number of hydrogen-bond donors (Lipinski definition) is 1. The van der Waals surface area contributed by atoms with Crippen LogP contribution in [-0.2, 0) is 4.79 Å². The minimum Gasteiger partial charge on any atom is -0.423 e. The summed E-state index contributed by atoms with van der Waals surface area (Å²) in [4.78, 5) is 26.8. The Morgan fingerprint density at radius 1 is 0.939 bits per heavy atom. The highest BCUT2D eigenvalue weighted by atomic mass is 32.2. The van der Waals surface area contributed by atoms with E-state index in [-0.39, 0.29) is 22.4 Å². The average molecular weight is 456 g/mol. The first kappa shape index (κ1) is 21.5. The number of nitrogens with one attached hydrogen (secondary N) is 1. The molecule has 1 aliphatic carbocycles. The number of benzene rings is 3. The highest BCUT2D eigenvalue weighted by molar-refractivity contribution is 8.00. The lowest BCUT2D eigenvalue weighted by molar-refractivity contribution is -0.118. The number of rotatable bonds is 3. The monoisotopic (exact) mass is 455 g/mol. The van der Waals surface area contributed by atoms with Gasteiger partial charge in [0.25, 0.3) is 0 Å². The Morgan fingerprint density at radius 2 is 1.64 bits per heavy atom. The lowest BCUT2D eigenvalue weighted by atomic mass is 9.74. The van der Waals surface area contributed by atoms with E-state index >= 15 is 0 Å². The normalized spacial score (nSPS) is 19.1. The summed E-state index contributed by atoms with van der Waals surface area (Å²) in [6.07, 6.45) is 1.36. The Labute approximate surface area is 198 Å². The number of esters is 1. The number of carbonyl (C=O) groups is 2. The SMILES string of the molecule is CC1(C)CC(=O)C2=C(C1)Nc1ccccc1S[C@@H]2c1ccc(OC(=O)c2ccccc2)cc1. The maximum Gasteiger partial charge on any atom is 0.343 e. The number of fused-ring (bicyclic) bond motifs is 1. The Morgan fingerprint density at radius 3 is 2.39 bits per heavy atom. The Kier molecular flexibility index (Phi) is 5.59. The first-order valence-electron chi connectivity index (χ1n) is 11.1. The molecule has 5 rings (SSSR count). The van der Waals surface area contributed by atoms with Crippen molar-refractivity contribution in [3.05, 3.63) is 101 Å². The van der Waals surface area contributed by atoms with Crippen LogP contribution in [0.25, 0.3) is 0 Å². The van der Waals surface area contributed by atoms with Crippen LogP contribution in [0.3, 0.4) is 0 Å². The summed E-state index contributed by atoms with van der Waals surface area (Å²) in [6, 6.07) is 24.6. The molecule has 0 spiro atoms. The number of Topliss-reactive ketones (excluding diaryl/α,β-unsaturated/α-hetero) is 1. The first-order chi connectivity index (χ1) is 15.9. The predicted octanol–water partition coefficient (Wildman–Crippen LogP) is 6.81. The zero-order chi connectivity index (χ0) is 23.0. The Bertz CT molecular complexity index is 1250. The van der Waals surface area contributed by atoms with Gasteiger partial charge in [0.15, 0.2) is 5.78 Å². The minimum absolute atomic E-state index is 0.0765. The van der Waals surface area contributed by atoms with E-state index in [1.807, 2.05) is 42.5 Å². The molecule has 0 saturated carbocycles. The highest BCUT2D eigenvalue weighted by Crippen LogP contribution is 2.52. The van der Waals surface area contributed by atoms with Crippen LogP contribution in [-0.4, -0.2) is 11.8 Å². The second-order valence-corrected chi connectivity index (χ2v) is 10.4. The summed E-state index contributed by atoms with van der Waals surface area (Å²) >= 11 is 1.69. The van der Waals surface area contributed by atoms with Crippen LogP contribution in [0.4, 0.5) is 5.69 Å². The van der Waals surface area contributed by atoms with Crippen LogP contribution in [0.2, 0.25) is 0 Å². The number of anilines is 1. The van der Waals surface area contributed by atoms with Crippen LogP contribution in [0.1, 0.15) is 47.9 Å². The summed E-state index contributed by atoms with van der Waals surface area (Å²) < 4.78 is 5.54. The smallest absolute Gasteiger partial charge is 0.343 e. The van der Waals surface area contributed by atoms with Crippen molar-refractivity contribution in [3.8, 4) is 5.75 Å². The van der Waals surface area contributed by atoms with Crippen LogP contribution < -0.4 is 10.1 Å². The average Bonchev–Trinajstić information content (AvgIpc) is 2.96. The molecule has 1 aliphatic heterocycles. The molecule has 2 aliphatic rings. The second kappa shape index (κ2) is 8.56. The largest absolute Gasteiger partial charge is 0.423 e. The lowest BCUT2D eigenvalue weighted by Gasteiger charge is -2.33. The zero-order valence-electron chi connectivity index (χ0n) is 18.6. The number of thioether (sulfide) groups is 1. The van der Waals surface area contributed by atoms with E-state index in [2.05, 4.69) is 31.3 Å². The maximum atomic E-state index is 13.3. The lowest BCUT2D eigenvalue weighted by Crippen LogP contribution is -2.29. The van der Waals surface area contributed by atoms with Gasteiger partial charge in [0.1, 0.15) is 5.75 Å². The van der Waals surface area contributed by atoms with Gasteiger partial charge < -0.3 is 10.1 Å². The fourth-order valence-electron chi connectivity index (χ4n) is 4.46. The molecule has 166 valence electrons. The van der Waals surface area contributed by atoms with E-state index in [4.69, 9.17) is 4.74 Å². The Balaban J connectivity index is 1.48. The quantitative estimate of drug-likeness (QED) is 0.347.